The molecule has 2 bridgehead atoms. The molecule has 1 amide bonds. The Hall–Kier alpha value is -1.56. The molecule has 4 rings (SSSR count). The largest absolute Gasteiger partial charge is 0.497 e. The Morgan fingerprint density at radius 2 is 1.85 bits per heavy atom. The number of piperidine rings is 1. The Labute approximate surface area is 171 Å². The van der Waals surface area contributed by atoms with E-state index in [4.69, 9.17) is 4.74 Å². The Balaban J connectivity index is 0.00000210. The SMILES string of the molecule is COc1ccc(-c2ccc(CNC(=O)CC3CC4CCC(C3)N4)s2)cc1.Cl. The lowest BCUT2D eigenvalue weighted by molar-refractivity contribution is -0.122. The Kier molecular flexibility index (Phi) is 6.79. The van der Waals surface area contributed by atoms with Crippen molar-refractivity contribution in [3.63, 3.8) is 0 Å². The van der Waals surface area contributed by atoms with Crippen LogP contribution in [0.4, 0.5) is 0 Å². The van der Waals surface area contributed by atoms with Gasteiger partial charge in [0.1, 0.15) is 5.75 Å². The number of ether oxygens (including phenoxy) is 1. The second kappa shape index (κ2) is 9.09. The van der Waals surface area contributed by atoms with E-state index >= 15 is 0 Å². The van der Waals surface area contributed by atoms with Gasteiger partial charge in [-0.1, -0.05) is 0 Å². The predicted octanol–water partition coefficient (Wildman–Crippen LogP) is 4.38. The summed E-state index contributed by atoms with van der Waals surface area (Å²) in [6, 6.07) is 13.6. The van der Waals surface area contributed by atoms with Gasteiger partial charge in [0.05, 0.1) is 13.7 Å². The lowest BCUT2D eigenvalue weighted by Crippen LogP contribution is -2.39. The van der Waals surface area contributed by atoms with Gasteiger partial charge in [0.15, 0.2) is 0 Å². The smallest absolute Gasteiger partial charge is 0.220 e. The van der Waals surface area contributed by atoms with Crippen molar-refractivity contribution in [1.82, 2.24) is 10.6 Å². The molecule has 3 heterocycles. The van der Waals surface area contributed by atoms with Gasteiger partial charge < -0.3 is 15.4 Å². The van der Waals surface area contributed by atoms with Gasteiger partial charge in [0.25, 0.3) is 0 Å². The first-order chi connectivity index (χ1) is 12.7. The fraction of sp³-hybridized carbons (Fsp3) is 0.476. The van der Waals surface area contributed by atoms with Crippen molar-refractivity contribution in [2.24, 2.45) is 5.92 Å². The standard InChI is InChI=1S/C21H26N2O2S.ClH/c1-25-18-6-2-15(3-7-18)20-9-8-19(26-20)13-22-21(24)12-14-10-16-4-5-17(11-14)23-16;/h2-3,6-9,14,16-17,23H,4-5,10-13H2,1H3,(H,22,24);1H. The highest BCUT2D eigenvalue weighted by Gasteiger charge is 2.34. The van der Waals surface area contributed by atoms with Crippen molar-refractivity contribution in [3.8, 4) is 16.2 Å². The molecule has 1 aromatic heterocycles. The molecule has 0 radical (unpaired) electrons. The highest BCUT2D eigenvalue weighted by molar-refractivity contribution is 7.15. The average molecular weight is 407 g/mol. The van der Waals surface area contributed by atoms with E-state index in [-0.39, 0.29) is 18.3 Å². The third-order valence-corrected chi connectivity index (χ3v) is 6.68. The van der Waals surface area contributed by atoms with Gasteiger partial charge in [-0.3, -0.25) is 4.79 Å². The highest BCUT2D eigenvalue weighted by Crippen LogP contribution is 2.33. The van der Waals surface area contributed by atoms with Crippen LogP contribution in [0.1, 0.15) is 37.0 Å². The van der Waals surface area contributed by atoms with Crippen LogP contribution < -0.4 is 15.4 Å². The van der Waals surface area contributed by atoms with Gasteiger partial charge in [-0.25, -0.2) is 0 Å². The van der Waals surface area contributed by atoms with Crippen LogP contribution in [0, 0.1) is 5.92 Å². The number of fused-ring (bicyclic) bond motifs is 2. The van der Waals surface area contributed by atoms with Crippen LogP contribution in [0.15, 0.2) is 36.4 Å². The van der Waals surface area contributed by atoms with E-state index in [0.717, 1.165) is 18.6 Å². The third kappa shape index (κ3) is 5.03. The summed E-state index contributed by atoms with van der Waals surface area (Å²) in [6.07, 6.45) is 5.55. The zero-order valence-electron chi connectivity index (χ0n) is 15.6. The van der Waals surface area contributed by atoms with Crippen molar-refractivity contribution < 1.29 is 9.53 Å². The van der Waals surface area contributed by atoms with E-state index in [1.165, 1.54) is 28.2 Å². The molecule has 1 aromatic carbocycles. The van der Waals surface area contributed by atoms with Gasteiger partial charge in [0, 0.05) is 28.3 Å². The van der Waals surface area contributed by atoms with E-state index in [1.807, 2.05) is 12.1 Å². The summed E-state index contributed by atoms with van der Waals surface area (Å²) in [5.41, 5.74) is 1.18. The summed E-state index contributed by atoms with van der Waals surface area (Å²) in [5.74, 6) is 1.60. The monoisotopic (exact) mass is 406 g/mol. The second-order valence-corrected chi connectivity index (χ2v) is 8.62. The number of hydrogen-bond donors (Lipinski definition) is 2. The molecule has 2 aromatic rings. The molecule has 0 aliphatic carbocycles. The van der Waals surface area contributed by atoms with E-state index < -0.39 is 0 Å². The Morgan fingerprint density at radius 1 is 1.15 bits per heavy atom. The summed E-state index contributed by atoms with van der Waals surface area (Å²) in [6.45, 7) is 0.623. The van der Waals surface area contributed by atoms with Crippen LogP contribution in [0.5, 0.6) is 5.75 Å². The predicted molar refractivity (Wildman–Crippen MR) is 113 cm³/mol. The van der Waals surface area contributed by atoms with Crippen molar-refractivity contribution in [2.75, 3.05) is 7.11 Å². The quantitative estimate of drug-likeness (QED) is 0.748. The van der Waals surface area contributed by atoms with Crippen LogP contribution in [-0.2, 0) is 11.3 Å². The minimum Gasteiger partial charge on any atom is -0.497 e. The number of methoxy groups -OCH3 is 1. The molecule has 6 heteroatoms. The summed E-state index contributed by atoms with van der Waals surface area (Å²) in [5, 5.41) is 6.75. The maximum absolute atomic E-state index is 12.3. The first kappa shape index (κ1) is 20.2. The topological polar surface area (TPSA) is 50.4 Å². The maximum atomic E-state index is 12.3. The molecule has 2 unspecified atom stereocenters. The molecule has 0 spiro atoms. The number of nitrogens with one attached hydrogen (secondary N) is 2. The maximum Gasteiger partial charge on any atom is 0.220 e. The van der Waals surface area contributed by atoms with Crippen molar-refractivity contribution in [3.05, 3.63) is 41.3 Å². The number of halogens is 1. The van der Waals surface area contributed by atoms with Gasteiger partial charge in [0.2, 0.25) is 5.91 Å². The number of carbonyl (C=O) groups excluding carboxylic acids is 1. The molecule has 4 nitrogen and oxygen atoms in total. The number of carbonyl (C=O) groups is 1. The highest BCUT2D eigenvalue weighted by atomic mass is 35.5. The van der Waals surface area contributed by atoms with E-state index in [2.05, 4.69) is 34.9 Å². The molecule has 0 saturated carbocycles. The van der Waals surface area contributed by atoms with Crippen LogP contribution in [0.2, 0.25) is 0 Å². The molecule has 27 heavy (non-hydrogen) atoms. The van der Waals surface area contributed by atoms with Crippen LogP contribution >= 0.6 is 23.7 Å². The normalized spacial score (nSPS) is 23.5. The molecule has 2 aliphatic rings. The van der Waals surface area contributed by atoms with Crippen molar-refractivity contribution in [1.29, 1.82) is 0 Å². The van der Waals surface area contributed by atoms with E-state index in [0.29, 0.717) is 31.0 Å². The minimum absolute atomic E-state index is 0. The summed E-state index contributed by atoms with van der Waals surface area (Å²) in [4.78, 5) is 14.7. The third-order valence-electron chi connectivity index (χ3n) is 5.54. The van der Waals surface area contributed by atoms with Crippen molar-refractivity contribution in [2.45, 2.75) is 50.7 Å². The van der Waals surface area contributed by atoms with Gasteiger partial charge in [-0.15, -0.1) is 23.7 Å². The first-order valence-electron chi connectivity index (χ1n) is 9.45. The Morgan fingerprint density at radius 3 is 2.52 bits per heavy atom. The molecule has 2 fully saturated rings. The number of amides is 1. The van der Waals surface area contributed by atoms with E-state index in [1.54, 1.807) is 18.4 Å². The lowest BCUT2D eigenvalue weighted by Gasteiger charge is -2.28. The number of rotatable bonds is 6. The molecular formula is C21H27ClN2O2S. The van der Waals surface area contributed by atoms with Crippen LogP contribution in [0.25, 0.3) is 10.4 Å². The van der Waals surface area contributed by atoms with Gasteiger partial charge >= 0.3 is 0 Å². The minimum atomic E-state index is 0. The molecule has 146 valence electrons. The van der Waals surface area contributed by atoms with Crippen LogP contribution in [0.3, 0.4) is 0 Å². The van der Waals surface area contributed by atoms with Gasteiger partial charge in [-0.05, 0) is 73.6 Å². The second-order valence-electron chi connectivity index (χ2n) is 7.45. The van der Waals surface area contributed by atoms with Crippen LogP contribution in [-0.4, -0.2) is 25.1 Å². The number of thiophene rings is 1. The summed E-state index contributed by atoms with van der Waals surface area (Å²) in [7, 11) is 1.68. The molecule has 2 N–H and O–H groups in total. The summed E-state index contributed by atoms with van der Waals surface area (Å²) >= 11 is 1.73. The fourth-order valence-electron chi connectivity index (χ4n) is 4.25. The molecule has 2 saturated heterocycles. The first-order valence-corrected chi connectivity index (χ1v) is 10.3. The van der Waals surface area contributed by atoms with Gasteiger partial charge in [-0.2, -0.15) is 0 Å². The zero-order chi connectivity index (χ0) is 17.9. The molecular weight excluding hydrogens is 380 g/mol. The molecule has 2 aliphatic heterocycles. The van der Waals surface area contributed by atoms with E-state index in [9.17, 15) is 4.79 Å². The lowest BCUT2D eigenvalue weighted by atomic mass is 9.89. The number of benzene rings is 1. The molecule has 2 atom stereocenters. The summed E-state index contributed by atoms with van der Waals surface area (Å²) < 4.78 is 5.21. The average Bonchev–Trinajstić information content (AvgIpc) is 3.26. The fourth-order valence-corrected chi connectivity index (χ4v) is 5.20. The number of hydrogen-bond acceptors (Lipinski definition) is 4. The van der Waals surface area contributed by atoms with Crippen molar-refractivity contribution >= 4 is 29.7 Å². The Bertz CT molecular complexity index is 750. The zero-order valence-corrected chi connectivity index (χ0v) is 17.2.